The van der Waals surface area contributed by atoms with Crippen LogP contribution in [0.25, 0.3) is 0 Å². The molecule has 5 nitrogen and oxygen atoms in total. The van der Waals surface area contributed by atoms with Crippen molar-refractivity contribution in [1.82, 2.24) is 15.5 Å². The molecule has 2 heterocycles. The van der Waals surface area contributed by atoms with E-state index in [9.17, 15) is 5.11 Å². The minimum atomic E-state index is -1.04. The van der Waals surface area contributed by atoms with Crippen LogP contribution in [0, 0.1) is 0 Å². The van der Waals surface area contributed by atoms with Crippen molar-refractivity contribution >= 4 is 23.4 Å². The summed E-state index contributed by atoms with van der Waals surface area (Å²) in [5.74, 6) is 1.46. The van der Waals surface area contributed by atoms with Gasteiger partial charge in [0.25, 0.3) is 5.89 Å². The van der Waals surface area contributed by atoms with Crippen LogP contribution < -0.4 is 5.32 Å². The molecular weight excluding hydrogens is 310 g/mol. The summed E-state index contributed by atoms with van der Waals surface area (Å²) in [6, 6.07) is 7.62. The molecule has 7 heteroatoms. The van der Waals surface area contributed by atoms with Gasteiger partial charge in [0.15, 0.2) is 11.4 Å². The van der Waals surface area contributed by atoms with Gasteiger partial charge in [-0.15, -0.1) is 11.8 Å². The van der Waals surface area contributed by atoms with Crippen molar-refractivity contribution in [3.05, 3.63) is 41.0 Å². The van der Waals surface area contributed by atoms with E-state index in [1.165, 1.54) is 0 Å². The fourth-order valence-corrected chi connectivity index (χ4v) is 3.33. The fraction of sp³-hybridized carbons (Fsp3) is 0.429. The number of thioether (sulfide) groups is 1. The topological polar surface area (TPSA) is 71.2 Å². The van der Waals surface area contributed by atoms with Gasteiger partial charge in [0, 0.05) is 16.5 Å². The number of benzene rings is 1. The Morgan fingerprint density at radius 2 is 2.38 bits per heavy atom. The van der Waals surface area contributed by atoms with E-state index in [0.29, 0.717) is 35.5 Å². The smallest absolute Gasteiger partial charge is 0.259 e. The quantitative estimate of drug-likeness (QED) is 0.842. The number of nitrogens with zero attached hydrogens (tertiary/aromatic N) is 2. The second-order valence-corrected chi connectivity index (χ2v) is 6.56. The molecule has 0 saturated carbocycles. The van der Waals surface area contributed by atoms with Crippen molar-refractivity contribution in [2.24, 2.45) is 0 Å². The molecule has 0 radical (unpaired) electrons. The van der Waals surface area contributed by atoms with Gasteiger partial charge in [-0.05, 0) is 37.6 Å². The highest BCUT2D eigenvalue weighted by atomic mass is 35.5. The molecule has 0 aliphatic carbocycles. The molecule has 112 valence electrons. The number of rotatable bonds is 4. The number of hydrogen-bond donors (Lipinski definition) is 2. The van der Waals surface area contributed by atoms with Crippen molar-refractivity contribution in [2.75, 3.05) is 13.1 Å². The first-order valence-corrected chi connectivity index (χ1v) is 8.17. The second kappa shape index (κ2) is 6.36. The van der Waals surface area contributed by atoms with Crippen molar-refractivity contribution < 1.29 is 9.63 Å². The summed E-state index contributed by atoms with van der Waals surface area (Å²) in [6.07, 6.45) is 1.54. The van der Waals surface area contributed by atoms with E-state index in [4.69, 9.17) is 16.1 Å². The van der Waals surface area contributed by atoms with Crippen molar-refractivity contribution in [3.8, 4) is 0 Å². The van der Waals surface area contributed by atoms with Crippen LogP contribution in [0.3, 0.4) is 0 Å². The van der Waals surface area contributed by atoms with E-state index < -0.39 is 5.60 Å². The molecular formula is C14H16ClN3O2S. The minimum Gasteiger partial charge on any atom is -0.379 e. The number of aromatic nitrogens is 2. The largest absolute Gasteiger partial charge is 0.379 e. The fourth-order valence-electron chi connectivity index (χ4n) is 2.28. The molecule has 2 N–H and O–H groups in total. The maximum Gasteiger partial charge on any atom is 0.259 e. The summed E-state index contributed by atoms with van der Waals surface area (Å²) in [6.45, 7) is 1.37. The highest BCUT2D eigenvalue weighted by molar-refractivity contribution is 7.98. The first-order valence-electron chi connectivity index (χ1n) is 6.80. The third kappa shape index (κ3) is 3.58. The molecule has 1 aliphatic rings. The Morgan fingerprint density at radius 3 is 3.14 bits per heavy atom. The second-order valence-electron chi connectivity index (χ2n) is 5.07. The van der Waals surface area contributed by atoms with Gasteiger partial charge in [-0.2, -0.15) is 4.98 Å². The van der Waals surface area contributed by atoms with Gasteiger partial charge in [0.2, 0.25) is 0 Å². The van der Waals surface area contributed by atoms with E-state index >= 15 is 0 Å². The average Bonchev–Trinajstić information content (AvgIpc) is 2.96. The molecule has 1 aliphatic heterocycles. The normalized spacial score (nSPS) is 22.4. The summed E-state index contributed by atoms with van der Waals surface area (Å²) in [5, 5.41) is 18.3. The van der Waals surface area contributed by atoms with Crippen LogP contribution in [0.5, 0.6) is 0 Å². The SMILES string of the molecule is OC1(c2nc(CSc3cccc(Cl)c3)no2)CCCNC1. The lowest BCUT2D eigenvalue weighted by molar-refractivity contribution is -0.0167. The Hall–Kier alpha value is -1.08. The summed E-state index contributed by atoms with van der Waals surface area (Å²) < 4.78 is 5.23. The zero-order valence-electron chi connectivity index (χ0n) is 11.4. The third-order valence-electron chi connectivity index (χ3n) is 3.39. The molecule has 1 fully saturated rings. The number of halogens is 1. The van der Waals surface area contributed by atoms with E-state index in [-0.39, 0.29) is 0 Å². The lowest BCUT2D eigenvalue weighted by atomic mass is 9.94. The number of β-amino-alcohol motifs (C(OH)–C–C–N with tert-alkyl or cyclic N) is 1. The van der Waals surface area contributed by atoms with E-state index in [1.807, 2.05) is 24.3 Å². The van der Waals surface area contributed by atoms with Crippen molar-refractivity contribution in [1.29, 1.82) is 0 Å². The molecule has 3 rings (SSSR count). The monoisotopic (exact) mass is 325 g/mol. The van der Waals surface area contributed by atoms with Gasteiger partial charge in [-0.3, -0.25) is 0 Å². The number of nitrogens with one attached hydrogen (secondary N) is 1. The minimum absolute atomic E-state index is 0.302. The molecule has 1 aromatic heterocycles. The molecule has 0 spiro atoms. The zero-order valence-corrected chi connectivity index (χ0v) is 13.0. The zero-order chi connectivity index (χ0) is 14.7. The van der Waals surface area contributed by atoms with Gasteiger partial charge in [0.05, 0.1) is 5.75 Å². The summed E-state index contributed by atoms with van der Waals surface area (Å²) in [7, 11) is 0. The van der Waals surface area contributed by atoms with Crippen LogP contribution in [0.1, 0.15) is 24.6 Å². The molecule has 2 aromatic rings. The van der Waals surface area contributed by atoms with Crippen molar-refractivity contribution in [3.63, 3.8) is 0 Å². The molecule has 21 heavy (non-hydrogen) atoms. The van der Waals surface area contributed by atoms with E-state index in [2.05, 4.69) is 15.5 Å². The van der Waals surface area contributed by atoms with Crippen LogP contribution in [0.15, 0.2) is 33.7 Å². The first kappa shape index (κ1) is 14.8. The maximum atomic E-state index is 10.5. The Bertz CT molecular complexity index is 614. The molecule has 0 amide bonds. The van der Waals surface area contributed by atoms with E-state index in [0.717, 1.165) is 17.9 Å². The van der Waals surface area contributed by atoms with Crippen LogP contribution in [-0.4, -0.2) is 28.3 Å². The van der Waals surface area contributed by atoms with Crippen LogP contribution in [-0.2, 0) is 11.4 Å². The Kier molecular flexibility index (Phi) is 4.49. The third-order valence-corrected chi connectivity index (χ3v) is 4.62. The molecule has 0 bridgehead atoms. The highest BCUT2D eigenvalue weighted by Gasteiger charge is 2.36. The lowest BCUT2D eigenvalue weighted by Gasteiger charge is -2.28. The number of hydrogen-bond acceptors (Lipinski definition) is 6. The van der Waals surface area contributed by atoms with Gasteiger partial charge in [-0.25, -0.2) is 0 Å². The van der Waals surface area contributed by atoms with Gasteiger partial charge < -0.3 is 14.9 Å². The maximum absolute atomic E-state index is 10.5. The summed E-state index contributed by atoms with van der Waals surface area (Å²) in [4.78, 5) is 5.37. The number of aliphatic hydroxyl groups is 1. The predicted octanol–water partition coefficient (Wildman–Crippen LogP) is 2.59. The number of piperidine rings is 1. The molecule has 1 atom stereocenters. The Balaban J connectivity index is 1.65. The Morgan fingerprint density at radius 1 is 1.48 bits per heavy atom. The molecule has 1 unspecified atom stereocenters. The predicted molar refractivity (Wildman–Crippen MR) is 81.3 cm³/mol. The summed E-state index contributed by atoms with van der Waals surface area (Å²) >= 11 is 7.53. The van der Waals surface area contributed by atoms with Crippen LogP contribution in [0.4, 0.5) is 0 Å². The first-order chi connectivity index (χ1) is 10.2. The van der Waals surface area contributed by atoms with Crippen LogP contribution >= 0.6 is 23.4 Å². The standard InChI is InChI=1S/C14H16ClN3O2S/c15-10-3-1-4-11(7-10)21-8-12-17-13(20-18-12)14(19)5-2-6-16-9-14/h1,3-4,7,16,19H,2,5-6,8-9H2. The van der Waals surface area contributed by atoms with E-state index in [1.54, 1.807) is 11.8 Å². The Labute approximate surface area is 132 Å². The average molecular weight is 326 g/mol. The van der Waals surface area contributed by atoms with Gasteiger partial charge in [0.1, 0.15) is 0 Å². The van der Waals surface area contributed by atoms with Crippen LogP contribution in [0.2, 0.25) is 5.02 Å². The van der Waals surface area contributed by atoms with Gasteiger partial charge in [-0.1, -0.05) is 22.8 Å². The van der Waals surface area contributed by atoms with Gasteiger partial charge >= 0.3 is 0 Å². The molecule has 1 aromatic carbocycles. The molecule has 1 saturated heterocycles. The van der Waals surface area contributed by atoms with Crippen molar-refractivity contribution in [2.45, 2.75) is 29.1 Å². The lowest BCUT2D eigenvalue weighted by Crippen LogP contribution is -2.43. The highest BCUT2D eigenvalue weighted by Crippen LogP contribution is 2.28. The summed E-state index contributed by atoms with van der Waals surface area (Å²) in [5.41, 5.74) is -1.04.